The van der Waals surface area contributed by atoms with Crippen LogP contribution in [0.25, 0.3) is 0 Å². The van der Waals surface area contributed by atoms with Crippen LogP contribution in [-0.2, 0) is 26.2 Å². The number of hydrogen-bond donors (Lipinski definition) is 2. The zero-order valence-corrected chi connectivity index (χ0v) is 27.0. The van der Waals surface area contributed by atoms with Crippen molar-refractivity contribution in [1.82, 2.24) is 20.4 Å². The Labute approximate surface area is 268 Å². The molecule has 2 aliphatic heterocycles. The maximum absolute atomic E-state index is 15.4. The molecule has 0 aromatic heterocycles. The van der Waals surface area contributed by atoms with Crippen LogP contribution in [0.15, 0.2) is 42.1 Å². The van der Waals surface area contributed by atoms with Gasteiger partial charge >= 0.3 is 6.03 Å². The van der Waals surface area contributed by atoms with E-state index in [-0.39, 0.29) is 42.0 Å². The molecule has 2 unspecified atom stereocenters. The maximum atomic E-state index is 15.4. The maximum Gasteiger partial charge on any atom is 0.315 e. The Kier molecular flexibility index (Phi) is 9.85. The van der Waals surface area contributed by atoms with E-state index < -0.39 is 40.8 Å². The van der Waals surface area contributed by atoms with E-state index in [2.05, 4.69) is 24.5 Å². The lowest BCUT2D eigenvalue weighted by Crippen LogP contribution is -2.53. The van der Waals surface area contributed by atoms with Gasteiger partial charge in [0.15, 0.2) is 0 Å². The lowest BCUT2D eigenvalue weighted by molar-refractivity contribution is -0.136. The molecule has 1 fully saturated rings. The quantitative estimate of drug-likeness (QED) is 0.408. The summed E-state index contributed by atoms with van der Waals surface area (Å²) in [5, 5.41) is 5.86. The molecule has 0 saturated carbocycles. The van der Waals surface area contributed by atoms with Crippen molar-refractivity contribution in [3.8, 4) is 11.5 Å². The van der Waals surface area contributed by atoms with Gasteiger partial charge in [-0.25, -0.2) is 13.6 Å². The van der Waals surface area contributed by atoms with Gasteiger partial charge in [-0.15, -0.1) is 0 Å². The zero-order chi connectivity index (χ0) is 33.2. The highest BCUT2D eigenvalue weighted by atomic mass is 19.1. The summed E-state index contributed by atoms with van der Waals surface area (Å²) in [4.78, 5) is 43.5. The lowest BCUT2D eigenvalue weighted by atomic mass is 9.69. The normalized spacial score (nSPS) is 22.3. The summed E-state index contributed by atoms with van der Waals surface area (Å²) < 4.78 is 46.3. The number of likely N-dealkylation sites (tertiary alicyclic amines) is 1. The molecule has 2 aromatic rings. The van der Waals surface area contributed by atoms with Gasteiger partial charge < -0.3 is 34.6 Å². The van der Waals surface area contributed by atoms with Crippen molar-refractivity contribution in [2.75, 3.05) is 54.1 Å². The van der Waals surface area contributed by atoms with Crippen molar-refractivity contribution >= 4 is 17.8 Å². The number of fused-ring (bicyclic) bond motifs is 1. The second kappa shape index (κ2) is 13.7. The third kappa shape index (κ3) is 6.40. The monoisotopic (exact) mass is 640 g/mol. The highest BCUT2D eigenvalue weighted by molar-refractivity contribution is 5.99. The molecule has 12 heteroatoms. The lowest BCUT2D eigenvalue weighted by Gasteiger charge is -2.41. The number of ether oxygens (including phenoxy) is 3. The van der Waals surface area contributed by atoms with Crippen molar-refractivity contribution in [2.24, 2.45) is 5.92 Å². The summed E-state index contributed by atoms with van der Waals surface area (Å²) >= 11 is 0. The van der Waals surface area contributed by atoms with Crippen LogP contribution in [0.3, 0.4) is 0 Å². The smallest absolute Gasteiger partial charge is 0.315 e. The molecular weight excluding hydrogens is 598 g/mol. The van der Waals surface area contributed by atoms with Gasteiger partial charge in [0.25, 0.3) is 5.91 Å². The third-order valence-electron chi connectivity index (χ3n) is 9.57. The van der Waals surface area contributed by atoms with E-state index in [1.54, 1.807) is 18.1 Å². The van der Waals surface area contributed by atoms with Gasteiger partial charge in [-0.1, -0.05) is 26.0 Å². The number of nitrogens with zero attached hydrogens (tertiary/aromatic N) is 2. The summed E-state index contributed by atoms with van der Waals surface area (Å²) in [7, 11) is 4.47. The average Bonchev–Trinajstić information content (AvgIpc) is 3.35. The van der Waals surface area contributed by atoms with Crippen molar-refractivity contribution in [2.45, 2.75) is 50.5 Å². The Morgan fingerprint density at radius 3 is 2.43 bits per heavy atom. The number of rotatable bonds is 10. The molecule has 0 spiro atoms. The van der Waals surface area contributed by atoms with Gasteiger partial charge in [0.2, 0.25) is 5.91 Å². The first-order valence-corrected chi connectivity index (χ1v) is 15.5. The summed E-state index contributed by atoms with van der Waals surface area (Å²) in [5.74, 6) is -3.80. The van der Waals surface area contributed by atoms with E-state index in [9.17, 15) is 14.4 Å². The molecule has 2 heterocycles. The second-order valence-electron chi connectivity index (χ2n) is 12.5. The molecule has 2 N–H and O–H groups in total. The van der Waals surface area contributed by atoms with E-state index in [4.69, 9.17) is 14.2 Å². The van der Waals surface area contributed by atoms with E-state index in [1.165, 1.54) is 19.1 Å². The molecule has 248 valence electrons. The van der Waals surface area contributed by atoms with Gasteiger partial charge in [-0.2, -0.15) is 0 Å². The van der Waals surface area contributed by atoms with E-state index in [1.807, 2.05) is 18.2 Å². The fourth-order valence-electron chi connectivity index (χ4n) is 6.95. The van der Waals surface area contributed by atoms with Gasteiger partial charge in [0.1, 0.15) is 28.8 Å². The molecule has 0 bridgehead atoms. The minimum Gasteiger partial charge on any atom is -0.497 e. The van der Waals surface area contributed by atoms with Gasteiger partial charge in [-0.3, -0.25) is 9.59 Å². The largest absolute Gasteiger partial charge is 0.497 e. The predicted molar refractivity (Wildman–Crippen MR) is 167 cm³/mol. The highest BCUT2D eigenvalue weighted by Gasteiger charge is 2.47. The first-order valence-electron chi connectivity index (χ1n) is 15.5. The SMILES string of the molecule is COCCN1CCC=C(N2C[C@@H](c3c(F)cc(OC)cc3F)C(CNC(=O)NC3CCc4cc(OC)ccc4C3(C)C)C2=O)C1=O. The van der Waals surface area contributed by atoms with Crippen LogP contribution < -0.4 is 20.1 Å². The molecule has 1 saturated heterocycles. The van der Waals surface area contributed by atoms with Crippen molar-refractivity contribution in [1.29, 1.82) is 0 Å². The number of methoxy groups -OCH3 is 3. The molecule has 3 aliphatic rings. The van der Waals surface area contributed by atoms with Crippen LogP contribution in [0.2, 0.25) is 0 Å². The minimum absolute atomic E-state index is 0.00282. The van der Waals surface area contributed by atoms with Crippen LogP contribution in [0, 0.1) is 17.6 Å². The number of carbonyl (C=O) groups is 3. The molecule has 2 aromatic carbocycles. The van der Waals surface area contributed by atoms with Crippen molar-refractivity contribution in [3.05, 3.63) is 70.4 Å². The van der Waals surface area contributed by atoms with Crippen LogP contribution >= 0.6 is 0 Å². The first-order chi connectivity index (χ1) is 22.0. The molecule has 1 aliphatic carbocycles. The number of carbonyl (C=O) groups excluding carboxylic acids is 3. The van der Waals surface area contributed by atoms with E-state index in [0.717, 1.165) is 35.4 Å². The van der Waals surface area contributed by atoms with Crippen LogP contribution in [-0.4, -0.2) is 87.8 Å². The summed E-state index contributed by atoms with van der Waals surface area (Å²) in [6.07, 6.45) is 3.64. The predicted octanol–water partition coefficient (Wildman–Crippen LogP) is 3.88. The Bertz CT molecular complexity index is 1510. The number of amides is 4. The van der Waals surface area contributed by atoms with Crippen LogP contribution in [0.4, 0.5) is 13.6 Å². The van der Waals surface area contributed by atoms with Gasteiger partial charge in [0, 0.05) is 68.4 Å². The molecule has 4 amide bonds. The molecule has 0 radical (unpaired) electrons. The van der Waals surface area contributed by atoms with Gasteiger partial charge in [0.05, 0.1) is 26.7 Å². The Hall–Kier alpha value is -4.19. The first kappa shape index (κ1) is 33.2. The van der Waals surface area contributed by atoms with Crippen molar-refractivity contribution in [3.63, 3.8) is 0 Å². The molecule has 5 rings (SSSR count). The third-order valence-corrected chi connectivity index (χ3v) is 9.57. The number of halogens is 2. The molecular formula is C34H42F2N4O6. The summed E-state index contributed by atoms with van der Waals surface area (Å²) in [6, 6.07) is 7.38. The molecule has 10 nitrogen and oxygen atoms in total. The zero-order valence-electron chi connectivity index (χ0n) is 27.0. The number of nitrogens with one attached hydrogen (secondary N) is 2. The number of aryl methyl sites for hydroxylation is 1. The van der Waals surface area contributed by atoms with Crippen LogP contribution in [0.1, 0.15) is 49.3 Å². The van der Waals surface area contributed by atoms with E-state index >= 15 is 8.78 Å². The summed E-state index contributed by atoms with van der Waals surface area (Å²) in [5.41, 5.74) is 1.76. The average molecular weight is 641 g/mol. The number of urea groups is 1. The minimum atomic E-state index is -1.03. The number of benzene rings is 2. The van der Waals surface area contributed by atoms with E-state index in [0.29, 0.717) is 32.5 Å². The standard InChI is InChI=1S/C34H42F2N4O6/c1-34(2)25-10-9-21(45-4)15-20(25)8-11-29(34)38-33(43)37-18-23-24(30-26(35)16-22(46-5)17-27(30)36)19-40(31(23)41)28-7-6-12-39(32(28)42)13-14-44-3/h7,9-10,15-17,23-24,29H,6,8,11-14,18-19H2,1-5H3,(H2,37,38,43)/t23?,24-,29?/m1/s1. The number of hydrogen-bond acceptors (Lipinski definition) is 6. The van der Waals surface area contributed by atoms with Crippen molar-refractivity contribution < 1.29 is 37.4 Å². The molecule has 46 heavy (non-hydrogen) atoms. The fraction of sp³-hybridized carbons (Fsp3) is 0.500. The Morgan fingerprint density at radius 1 is 1.04 bits per heavy atom. The Morgan fingerprint density at radius 2 is 1.76 bits per heavy atom. The fourth-order valence-corrected chi connectivity index (χ4v) is 6.95. The van der Waals surface area contributed by atoms with Crippen LogP contribution in [0.5, 0.6) is 11.5 Å². The topological polar surface area (TPSA) is 109 Å². The van der Waals surface area contributed by atoms with Gasteiger partial charge in [-0.05, 0) is 42.5 Å². The highest BCUT2D eigenvalue weighted by Crippen LogP contribution is 2.41. The second-order valence-corrected chi connectivity index (χ2v) is 12.5. The summed E-state index contributed by atoms with van der Waals surface area (Å²) in [6.45, 7) is 4.97. The molecule has 3 atom stereocenters. The Balaban J connectivity index is 1.36.